The van der Waals surface area contributed by atoms with Crippen molar-refractivity contribution in [2.45, 2.75) is 6.92 Å². The van der Waals surface area contributed by atoms with Crippen LogP contribution in [0.25, 0.3) is 10.9 Å². The highest BCUT2D eigenvalue weighted by Crippen LogP contribution is 2.27. The number of aromatic nitrogens is 1. The maximum atomic E-state index is 12.6. The Labute approximate surface area is 202 Å². The SMILES string of the molecule is CCOC(=O)N1CCN(c2cc(C(=O)O)c3cc(NC(=O)c4ccc(OC)cc4)ccc3n2)CC1. The summed E-state index contributed by atoms with van der Waals surface area (Å²) in [6.07, 6.45) is -0.353. The number of nitrogens with zero attached hydrogens (tertiary/aromatic N) is 3. The van der Waals surface area contributed by atoms with Crippen LogP contribution in [0.3, 0.4) is 0 Å². The van der Waals surface area contributed by atoms with Gasteiger partial charge in [-0.25, -0.2) is 14.6 Å². The van der Waals surface area contributed by atoms with Crippen LogP contribution in [0.15, 0.2) is 48.5 Å². The summed E-state index contributed by atoms with van der Waals surface area (Å²) in [4.78, 5) is 44.8. The zero-order valence-corrected chi connectivity index (χ0v) is 19.5. The number of anilines is 2. The number of methoxy groups -OCH3 is 1. The van der Waals surface area contributed by atoms with Gasteiger partial charge in [-0.3, -0.25) is 4.79 Å². The molecule has 0 radical (unpaired) electrons. The number of pyridine rings is 1. The first kappa shape index (κ1) is 23.8. The number of carboxylic acid groups (broad SMARTS) is 1. The van der Waals surface area contributed by atoms with Gasteiger partial charge < -0.3 is 29.7 Å². The number of carbonyl (C=O) groups is 3. The molecule has 1 aliphatic heterocycles. The van der Waals surface area contributed by atoms with Crippen molar-refractivity contribution in [3.05, 3.63) is 59.7 Å². The van der Waals surface area contributed by atoms with Gasteiger partial charge in [-0.05, 0) is 55.5 Å². The van der Waals surface area contributed by atoms with Gasteiger partial charge in [0, 0.05) is 42.8 Å². The van der Waals surface area contributed by atoms with Crippen molar-refractivity contribution in [1.82, 2.24) is 9.88 Å². The smallest absolute Gasteiger partial charge is 0.409 e. The average Bonchev–Trinajstić information content (AvgIpc) is 2.88. The molecule has 4 rings (SSSR count). The largest absolute Gasteiger partial charge is 0.497 e. The average molecular weight is 479 g/mol. The van der Waals surface area contributed by atoms with Gasteiger partial charge in [0.2, 0.25) is 0 Å². The Kier molecular flexibility index (Phi) is 7.00. The fourth-order valence-electron chi connectivity index (χ4n) is 3.91. The summed E-state index contributed by atoms with van der Waals surface area (Å²) in [7, 11) is 1.55. The zero-order chi connectivity index (χ0) is 24.9. The Bertz CT molecular complexity index is 1250. The van der Waals surface area contributed by atoms with Crippen molar-refractivity contribution in [2.24, 2.45) is 0 Å². The Morgan fingerprint density at radius 2 is 1.74 bits per heavy atom. The summed E-state index contributed by atoms with van der Waals surface area (Å²) >= 11 is 0. The molecule has 2 amide bonds. The number of ether oxygens (including phenoxy) is 2. The molecule has 1 fully saturated rings. The summed E-state index contributed by atoms with van der Waals surface area (Å²) in [6, 6.07) is 13.2. The monoisotopic (exact) mass is 478 g/mol. The number of aromatic carboxylic acids is 1. The summed E-state index contributed by atoms with van der Waals surface area (Å²) in [5.74, 6) is -0.258. The van der Waals surface area contributed by atoms with Crippen molar-refractivity contribution in [2.75, 3.05) is 50.1 Å². The van der Waals surface area contributed by atoms with Crippen LogP contribution in [0.1, 0.15) is 27.6 Å². The molecule has 10 heteroatoms. The number of fused-ring (bicyclic) bond motifs is 1. The van der Waals surface area contributed by atoms with Crippen molar-refractivity contribution in [3.63, 3.8) is 0 Å². The van der Waals surface area contributed by atoms with Crippen molar-refractivity contribution < 1.29 is 29.0 Å². The van der Waals surface area contributed by atoms with Gasteiger partial charge in [-0.1, -0.05) is 0 Å². The van der Waals surface area contributed by atoms with Gasteiger partial charge >= 0.3 is 12.1 Å². The standard InChI is InChI=1S/C25H26N4O6/c1-3-35-25(33)29-12-10-28(11-13-29)22-15-20(24(31)32)19-14-17(6-9-21(19)27-22)26-23(30)16-4-7-18(34-2)8-5-16/h4-9,14-15H,3,10-13H2,1-2H3,(H,26,30)(H,31,32). The molecular formula is C25H26N4O6. The van der Waals surface area contributed by atoms with Gasteiger partial charge in [0.25, 0.3) is 5.91 Å². The molecule has 0 aliphatic carbocycles. The molecule has 1 aliphatic rings. The Morgan fingerprint density at radius 1 is 1.03 bits per heavy atom. The predicted molar refractivity (Wildman–Crippen MR) is 130 cm³/mol. The van der Waals surface area contributed by atoms with Crippen molar-refractivity contribution in [1.29, 1.82) is 0 Å². The second kappa shape index (κ2) is 10.3. The number of hydrogen-bond donors (Lipinski definition) is 2. The molecule has 0 unspecified atom stereocenters. The van der Waals surface area contributed by atoms with E-state index in [1.165, 1.54) is 6.07 Å². The van der Waals surface area contributed by atoms with E-state index in [4.69, 9.17) is 9.47 Å². The first-order chi connectivity index (χ1) is 16.9. The lowest BCUT2D eigenvalue weighted by Crippen LogP contribution is -2.49. The van der Waals surface area contributed by atoms with E-state index in [0.717, 1.165) is 0 Å². The minimum atomic E-state index is -1.09. The molecule has 182 valence electrons. The van der Waals surface area contributed by atoms with Crippen LogP contribution in [-0.4, -0.2) is 72.9 Å². The van der Waals surface area contributed by atoms with Gasteiger partial charge in [0.15, 0.2) is 0 Å². The maximum Gasteiger partial charge on any atom is 0.409 e. The van der Waals surface area contributed by atoms with E-state index in [0.29, 0.717) is 66.5 Å². The van der Waals surface area contributed by atoms with E-state index in [1.807, 2.05) is 4.90 Å². The highest BCUT2D eigenvalue weighted by atomic mass is 16.6. The van der Waals surface area contributed by atoms with Gasteiger partial charge in [0.1, 0.15) is 11.6 Å². The fraction of sp³-hybridized carbons (Fsp3) is 0.280. The zero-order valence-electron chi connectivity index (χ0n) is 19.5. The highest BCUT2D eigenvalue weighted by Gasteiger charge is 2.24. The molecule has 10 nitrogen and oxygen atoms in total. The van der Waals surface area contributed by atoms with Crippen LogP contribution < -0.4 is 15.0 Å². The number of carbonyl (C=O) groups excluding carboxylic acids is 2. The quantitative estimate of drug-likeness (QED) is 0.552. The number of piperazine rings is 1. The lowest BCUT2D eigenvalue weighted by Gasteiger charge is -2.35. The van der Waals surface area contributed by atoms with Crippen molar-refractivity contribution >= 4 is 40.4 Å². The Morgan fingerprint density at radius 3 is 2.37 bits per heavy atom. The third-order valence-corrected chi connectivity index (χ3v) is 5.77. The summed E-state index contributed by atoms with van der Waals surface area (Å²) in [5, 5.41) is 13.1. The molecule has 0 bridgehead atoms. The van der Waals surface area contributed by atoms with Crippen LogP contribution in [0.2, 0.25) is 0 Å². The van der Waals surface area contributed by atoms with Crippen LogP contribution in [0, 0.1) is 0 Å². The lowest BCUT2D eigenvalue weighted by molar-refractivity contribution is 0.0698. The van der Waals surface area contributed by atoms with E-state index in [1.54, 1.807) is 61.4 Å². The van der Waals surface area contributed by atoms with E-state index in [2.05, 4.69) is 10.3 Å². The van der Waals surface area contributed by atoms with E-state index in [9.17, 15) is 19.5 Å². The molecule has 35 heavy (non-hydrogen) atoms. The molecule has 0 saturated carbocycles. The Balaban J connectivity index is 1.55. The number of amides is 2. The molecule has 0 spiro atoms. The topological polar surface area (TPSA) is 121 Å². The van der Waals surface area contributed by atoms with E-state index in [-0.39, 0.29) is 17.6 Å². The number of carboxylic acids is 1. The minimum Gasteiger partial charge on any atom is -0.497 e. The predicted octanol–water partition coefficient (Wildman–Crippen LogP) is 3.47. The van der Waals surface area contributed by atoms with Crippen LogP contribution in [0.5, 0.6) is 5.75 Å². The number of rotatable bonds is 6. The van der Waals surface area contributed by atoms with E-state index >= 15 is 0 Å². The molecule has 1 aromatic heterocycles. The summed E-state index contributed by atoms with van der Waals surface area (Å²) in [5.41, 5.74) is 1.48. The maximum absolute atomic E-state index is 12.6. The minimum absolute atomic E-state index is 0.0818. The summed E-state index contributed by atoms with van der Waals surface area (Å²) in [6.45, 7) is 4.00. The lowest BCUT2D eigenvalue weighted by atomic mass is 10.1. The van der Waals surface area contributed by atoms with Gasteiger partial charge in [-0.15, -0.1) is 0 Å². The normalized spacial score (nSPS) is 13.4. The number of nitrogens with one attached hydrogen (secondary N) is 1. The molecule has 1 saturated heterocycles. The van der Waals surface area contributed by atoms with Crippen LogP contribution in [-0.2, 0) is 4.74 Å². The first-order valence-corrected chi connectivity index (χ1v) is 11.2. The number of benzene rings is 2. The van der Waals surface area contributed by atoms with E-state index < -0.39 is 5.97 Å². The van der Waals surface area contributed by atoms with Crippen LogP contribution >= 0.6 is 0 Å². The second-order valence-corrected chi connectivity index (χ2v) is 7.92. The third kappa shape index (κ3) is 5.26. The Hall–Kier alpha value is -4.34. The summed E-state index contributed by atoms with van der Waals surface area (Å²) < 4.78 is 10.2. The third-order valence-electron chi connectivity index (χ3n) is 5.77. The fourth-order valence-corrected chi connectivity index (χ4v) is 3.91. The molecule has 3 aromatic rings. The molecular weight excluding hydrogens is 452 g/mol. The second-order valence-electron chi connectivity index (χ2n) is 7.92. The number of hydrogen-bond acceptors (Lipinski definition) is 7. The van der Waals surface area contributed by atoms with Gasteiger partial charge in [-0.2, -0.15) is 0 Å². The first-order valence-electron chi connectivity index (χ1n) is 11.2. The molecule has 2 N–H and O–H groups in total. The highest BCUT2D eigenvalue weighted by molar-refractivity contribution is 6.08. The molecule has 2 heterocycles. The molecule has 2 aromatic carbocycles. The van der Waals surface area contributed by atoms with Gasteiger partial charge in [0.05, 0.1) is 24.8 Å². The molecule has 0 atom stereocenters. The van der Waals surface area contributed by atoms with Crippen LogP contribution in [0.4, 0.5) is 16.3 Å². The van der Waals surface area contributed by atoms with Crippen molar-refractivity contribution in [3.8, 4) is 5.75 Å².